The molecule has 2 aromatic rings. The first kappa shape index (κ1) is 18.5. The molecule has 4 rings (SSSR count). The number of para-hydroxylation sites is 1. The van der Waals surface area contributed by atoms with Crippen molar-refractivity contribution in [3.63, 3.8) is 0 Å². The van der Waals surface area contributed by atoms with E-state index in [9.17, 15) is 4.79 Å². The van der Waals surface area contributed by atoms with Gasteiger partial charge in [-0.3, -0.25) is 9.69 Å². The zero-order valence-corrected chi connectivity index (χ0v) is 16.0. The summed E-state index contributed by atoms with van der Waals surface area (Å²) in [6, 6.07) is 8.53. The van der Waals surface area contributed by atoms with Gasteiger partial charge in [-0.25, -0.2) is 0 Å². The summed E-state index contributed by atoms with van der Waals surface area (Å²) in [5, 5.41) is 1.14. The summed E-state index contributed by atoms with van der Waals surface area (Å²) in [5.41, 5.74) is 2.17. The summed E-state index contributed by atoms with van der Waals surface area (Å²) in [6.45, 7) is 5.70. The van der Waals surface area contributed by atoms with Crippen molar-refractivity contribution in [1.29, 1.82) is 0 Å². The van der Waals surface area contributed by atoms with Crippen molar-refractivity contribution in [2.24, 2.45) is 5.92 Å². The van der Waals surface area contributed by atoms with Crippen LogP contribution >= 0.6 is 0 Å². The highest BCUT2D eigenvalue weighted by Crippen LogP contribution is 2.26. The van der Waals surface area contributed by atoms with Crippen LogP contribution in [0.2, 0.25) is 0 Å². The van der Waals surface area contributed by atoms with E-state index >= 15 is 0 Å². The van der Waals surface area contributed by atoms with E-state index in [-0.39, 0.29) is 5.91 Å². The molecule has 0 saturated carbocycles. The number of aromatic amines is 1. The fourth-order valence-corrected chi connectivity index (χ4v) is 4.44. The first-order valence-electron chi connectivity index (χ1n) is 9.90. The van der Waals surface area contributed by atoms with E-state index in [4.69, 9.17) is 9.47 Å². The number of fused-ring (bicyclic) bond motifs is 2. The van der Waals surface area contributed by atoms with Gasteiger partial charge < -0.3 is 19.4 Å². The quantitative estimate of drug-likeness (QED) is 0.872. The molecular weight excluding hydrogens is 342 g/mol. The molecule has 0 aliphatic carbocycles. The van der Waals surface area contributed by atoms with Gasteiger partial charge in [0.05, 0.1) is 26.2 Å². The van der Waals surface area contributed by atoms with Crippen molar-refractivity contribution in [3.05, 3.63) is 36.0 Å². The molecule has 1 aromatic heterocycles. The number of ether oxygens (including phenoxy) is 2. The second-order valence-corrected chi connectivity index (χ2v) is 7.60. The van der Waals surface area contributed by atoms with E-state index in [2.05, 4.69) is 16.0 Å². The average molecular weight is 371 g/mol. The lowest BCUT2D eigenvalue weighted by Gasteiger charge is -2.42. The predicted octanol–water partition coefficient (Wildman–Crippen LogP) is 1.91. The van der Waals surface area contributed by atoms with Gasteiger partial charge in [0.2, 0.25) is 5.91 Å². The van der Waals surface area contributed by atoms with Gasteiger partial charge in [0.15, 0.2) is 0 Å². The molecule has 6 heteroatoms. The van der Waals surface area contributed by atoms with Gasteiger partial charge >= 0.3 is 0 Å². The molecule has 2 atom stereocenters. The van der Waals surface area contributed by atoms with Crippen molar-refractivity contribution in [3.8, 4) is 0 Å². The zero-order chi connectivity index (χ0) is 18.6. The minimum atomic E-state index is 0.218. The highest BCUT2D eigenvalue weighted by atomic mass is 16.5. The smallest absolute Gasteiger partial charge is 0.227 e. The van der Waals surface area contributed by atoms with Gasteiger partial charge in [-0.2, -0.15) is 0 Å². The topological polar surface area (TPSA) is 57.8 Å². The van der Waals surface area contributed by atoms with E-state index < -0.39 is 0 Å². The lowest BCUT2D eigenvalue weighted by molar-refractivity contribution is -0.133. The molecule has 2 saturated heterocycles. The Morgan fingerprint density at radius 1 is 1.33 bits per heavy atom. The highest BCUT2D eigenvalue weighted by Gasteiger charge is 2.36. The molecule has 2 aliphatic rings. The fourth-order valence-electron chi connectivity index (χ4n) is 4.44. The Kier molecular flexibility index (Phi) is 5.76. The Bertz CT molecular complexity index is 775. The van der Waals surface area contributed by atoms with E-state index in [1.54, 1.807) is 7.11 Å². The SMILES string of the molecule is COCCN1CCOC[C@H]2CCN(C(=O)Cc3c[nH]c4ccccc34)C[C@H]21. The van der Waals surface area contributed by atoms with Crippen LogP contribution in [0, 0.1) is 5.92 Å². The molecule has 6 nitrogen and oxygen atoms in total. The minimum absolute atomic E-state index is 0.218. The third kappa shape index (κ3) is 4.03. The van der Waals surface area contributed by atoms with Crippen molar-refractivity contribution in [2.45, 2.75) is 18.9 Å². The van der Waals surface area contributed by atoms with Crippen LogP contribution in [0.15, 0.2) is 30.5 Å². The lowest BCUT2D eigenvalue weighted by Crippen LogP contribution is -2.55. The monoisotopic (exact) mass is 371 g/mol. The summed E-state index contributed by atoms with van der Waals surface area (Å²) in [5.74, 6) is 0.719. The van der Waals surface area contributed by atoms with E-state index in [1.807, 2.05) is 29.3 Å². The number of hydrogen-bond acceptors (Lipinski definition) is 4. The van der Waals surface area contributed by atoms with Crippen LogP contribution in [0.25, 0.3) is 10.9 Å². The van der Waals surface area contributed by atoms with E-state index in [0.717, 1.165) is 62.3 Å². The molecule has 27 heavy (non-hydrogen) atoms. The number of piperidine rings is 1. The summed E-state index contributed by atoms with van der Waals surface area (Å²) < 4.78 is 11.1. The Hall–Kier alpha value is -1.89. The molecule has 0 spiro atoms. The van der Waals surface area contributed by atoms with Gasteiger partial charge in [0, 0.05) is 62.3 Å². The standard InChI is InChI=1S/C21H29N3O3/c1-26-10-8-23-9-11-27-15-16-6-7-24(14-20(16)23)21(25)12-17-13-22-19-5-3-2-4-18(17)19/h2-5,13,16,20,22H,6-12,14-15H2,1H3/t16-,20-/m1/s1. The minimum Gasteiger partial charge on any atom is -0.383 e. The Balaban J connectivity index is 1.45. The van der Waals surface area contributed by atoms with E-state index in [1.165, 1.54) is 0 Å². The molecule has 1 aromatic carbocycles. The number of H-pyrrole nitrogens is 1. The van der Waals surface area contributed by atoms with Crippen LogP contribution in [0.3, 0.4) is 0 Å². The average Bonchev–Trinajstić information content (AvgIpc) is 2.99. The number of likely N-dealkylation sites (tertiary alicyclic amines) is 1. The first-order chi connectivity index (χ1) is 13.3. The fraction of sp³-hybridized carbons (Fsp3) is 0.571. The number of benzene rings is 1. The van der Waals surface area contributed by atoms with E-state index in [0.29, 0.717) is 25.0 Å². The van der Waals surface area contributed by atoms with Crippen LogP contribution in [-0.2, 0) is 20.7 Å². The largest absolute Gasteiger partial charge is 0.383 e. The highest BCUT2D eigenvalue weighted by molar-refractivity contribution is 5.88. The number of nitrogens with one attached hydrogen (secondary N) is 1. The van der Waals surface area contributed by atoms with Crippen LogP contribution < -0.4 is 0 Å². The molecular formula is C21H29N3O3. The Morgan fingerprint density at radius 3 is 3.11 bits per heavy atom. The van der Waals surface area contributed by atoms with Crippen molar-refractivity contribution in [2.75, 3.05) is 53.1 Å². The lowest BCUT2D eigenvalue weighted by atomic mass is 9.90. The normalized spacial score (nSPS) is 24.0. The van der Waals surface area contributed by atoms with Crippen molar-refractivity contribution >= 4 is 16.8 Å². The van der Waals surface area contributed by atoms with Crippen LogP contribution in [0.4, 0.5) is 0 Å². The van der Waals surface area contributed by atoms with Crippen LogP contribution in [-0.4, -0.2) is 79.8 Å². The number of carbonyl (C=O) groups excluding carboxylic acids is 1. The zero-order valence-electron chi connectivity index (χ0n) is 16.0. The summed E-state index contributed by atoms with van der Waals surface area (Å²) >= 11 is 0. The molecule has 2 aliphatic heterocycles. The summed E-state index contributed by atoms with van der Waals surface area (Å²) in [6.07, 6.45) is 3.43. The van der Waals surface area contributed by atoms with Crippen LogP contribution in [0.1, 0.15) is 12.0 Å². The van der Waals surface area contributed by atoms with Crippen molar-refractivity contribution in [1.82, 2.24) is 14.8 Å². The third-order valence-corrected chi connectivity index (χ3v) is 6.00. The number of amides is 1. The number of carbonyl (C=O) groups is 1. The maximum Gasteiger partial charge on any atom is 0.227 e. The maximum absolute atomic E-state index is 13.0. The summed E-state index contributed by atoms with van der Waals surface area (Å²) in [4.78, 5) is 20.8. The second kappa shape index (κ2) is 8.42. The Morgan fingerprint density at radius 2 is 2.22 bits per heavy atom. The molecule has 146 valence electrons. The molecule has 0 unspecified atom stereocenters. The first-order valence-corrected chi connectivity index (χ1v) is 9.90. The number of nitrogens with zero attached hydrogens (tertiary/aromatic N) is 2. The molecule has 0 bridgehead atoms. The maximum atomic E-state index is 13.0. The second-order valence-electron chi connectivity index (χ2n) is 7.60. The molecule has 1 amide bonds. The van der Waals surface area contributed by atoms with Gasteiger partial charge in [-0.05, 0) is 18.1 Å². The number of aromatic nitrogens is 1. The van der Waals surface area contributed by atoms with Crippen molar-refractivity contribution < 1.29 is 14.3 Å². The summed E-state index contributed by atoms with van der Waals surface area (Å²) in [7, 11) is 1.74. The number of rotatable bonds is 5. The number of hydrogen-bond donors (Lipinski definition) is 1. The van der Waals surface area contributed by atoms with Gasteiger partial charge in [-0.15, -0.1) is 0 Å². The van der Waals surface area contributed by atoms with Gasteiger partial charge in [0.1, 0.15) is 0 Å². The molecule has 3 heterocycles. The molecule has 0 radical (unpaired) electrons. The predicted molar refractivity (Wildman–Crippen MR) is 105 cm³/mol. The third-order valence-electron chi connectivity index (χ3n) is 6.00. The van der Waals surface area contributed by atoms with Gasteiger partial charge in [0.25, 0.3) is 0 Å². The van der Waals surface area contributed by atoms with Gasteiger partial charge in [-0.1, -0.05) is 18.2 Å². The Labute approximate surface area is 160 Å². The molecule has 2 fully saturated rings. The van der Waals surface area contributed by atoms with Crippen LogP contribution in [0.5, 0.6) is 0 Å². The molecule has 1 N–H and O–H groups in total. The number of methoxy groups -OCH3 is 1.